The van der Waals surface area contributed by atoms with Crippen molar-refractivity contribution in [2.24, 2.45) is 0 Å². The van der Waals surface area contributed by atoms with E-state index in [0.29, 0.717) is 21.6 Å². The maximum Gasteiger partial charge on any atom is 0.263 e. The largest absolute Gasteiger partial charge is 0.484 e. The molecule has 0 aliphatic heterocycles. The van der Waals surface area contributed by atoms with Crippen LogP contribution in [0.15, 0.2) is 42.6 Å². The smallest absolute Gasteiger partial charge is 0.263 e. The number of amides is 1. The van der Waals surface area contributed by atoms with Crippen LogP contribution in [0.5, 0.6) is 5.75 Å². The fraction of sp³-hybridized carbons (Fsp3) is 0.0769. The second kappa shape index (κ2) is 6.41. The summed E-state index contributed by atoms with van der Waals surface area (Å²) in [5, 5.41) is 3.69. The van der Waals surface area contributed by atoms with Crippen molar-refractivity contribution < 1.29 is 9.53 Å². The molecule has 1 heterocycles. The predicted octanol–water partition coefficient (Wildman–Crippen LogP) is 3.41. The second-order valence-electron chi connectivity index (χ2n) is 3.65. The van der Waals surface area contributed by atoms with Gasteiger partial charge in [-0.3, -0.25) is 4.79 Å². The number of nitrogens with zero attached hydrogens (tertiary/aromatic N) is 1. The van der Waals surface area contributed by atoms with Gasteiger partial charge >= 0.3 is 0 Å². The first kappa shape index (κ1) is 13.6. The highest BCUT2D eigenvalue weighted by Crippen LogP contribution is 2.15. The van der Waals surface area contributed by atoms with Gasteiger partial charge in [-0.15, -0.1) is 0 Å². The maximum atomic E-state index is 11.6. The van der Waals surface area contributed by atoms with Gasteiger partial charge in [0.05, 0.1) is 0 Å². The normalized spacial score (nSPS) is 10.0. The number of carbonyl (C=O) groups is 1. The quantitative estimate of drug-likeness (QED) is 0.941. The molecule has 0 atom stereocenters. The zero-order chi connectivity index (χ0) is 13.7. The number of rotatable bonds is 4. The molecule has 2 rings (SSSR count). The number of carbonyl (C=O) groups excluding carboxylic acids is 1. The molecule has 19 heavy (non-hydrogen) atoms. The number of aromatic nitrogens is 1. The minimum Gasteiger partial charge on any atom is -0.484 e. The number of hydrogen-bond acceptors (Lipinski definition) is 3. The van der Waals surface area contributed by atoms with E-state index < -0.39 is 0 Å². The zero-order valence-corrected chi connectivity index (χ0v) is 11.3. The van der Waals surface area contributed by atoms with Crippen molar-refractivity contribution in [2.45, 2.75) is 0 Å². The third-order valence-corrected chi connectivity index (χ3v) is 2.66. The molecule has 1 N–H and O–H groups in total. The molecule has 0 fully saturated rings. The molecule has 98 valence electrons. The first-order valence-electron chi connectivity index (χ1n) is 5.43. The van der Waals surface area contributed by atoms with E-state index >= 15 is 0 Å². The van der Waals surface area contributed by atoms with E-state index in [1.807, 2.05) is 0 Å². The molecule has 0 unspecified atom stereocenters. The minimum absolute atomic E-state index is 0.115. The zero-order valence-electron chi connectivity index (χ0n) is 9.77. The van der Waals surface area contributed by atoms with E-state index in [9.17, 15) is 4.79 Å². The van der Waals surface area contributed by atoms with Crippen molar-refractivity contribution in [1.82, 2.24) is 4.98 Å². The van der Waals surface area contributed by atoms with Gasteiger partial charge in [0.2, 0.25) is 0 Å². The number of ether oxygens (including phenoxy) is 1. The highest BCUT2D eigenvalue weighted by molar-refractivity contribution is 6.31. The van der Waals surface area contributed by atoms with Crippen molar-refractivity contribution >= 4 is 34.9 Å². The van der Waals surface area contributed by atoms with Gasteiger partial charge in [0.15, 0.2) is 6.61 Å². The number of benzene rings is 1. The molecule has 0 saturated carbocycles. The molecule has 2 aromatic rings. The number of halogens is 2. The molecule has 1 amide bonds. The highest BCUT2D eigenvalue weighted by atomic mass is 35.5. The highest BCUT2D eigenvalue weighted by Gasteiger charge is 2.05. The standard InChI is InChI=1S/C13H10Cl2N2O2/c14-9-1-3-11(4-2-9)19-8-13(18)17-12-7-10(15)5-6-16-12/h1-7H,8H2,(H,16,17,18). The van der Waals surface area contributed by atoms with E-state index in [-0.39, 0.29) is 12.5 Å². The first-order valence-corrected chi connectivity index (χ1v) is 6.19. The summed E-state index contributed by atoms with van der Waals surface area (Å²) >= 11 is 11.5. The third kappa shape index (κ3) is 4.43. The summed E-state index contributed by atoms with van der Waals surface area (Å²) < 4.78 is 5.29. The Hall–Kier alpha value is -1.78. The van der Waals surface area contributed by atoms with E-state index in [1.54, 1.807) is 36.4 Å². The molecule has 4 nitrogen and oxygen atoms in total. The third-order valence-electron chi connectivity index (χ3n) is 2.17. The van der Waals surface area contributed by atoms with Gasteiger partial charge in [0.1, 0.15) is 11.6 Å². The van der Waals surface area contributed by atoms with Gasteiger partial charge in [-0.25, -0.2) is 4.98 Å². The first-order chi connectivity index (χ1) is 9.13. The van der Waals surface area contributed by atoms with Crippen LogP contribution in [0.1, 0.15) is 0 Å². The molecule has 0 spiro atoms. The van der Waals surface area contributed by atoms with E-state index in [4.69, 9.17) is 27.9 Å². The predicted molar refractivity (Wildman–Crippen MR) is 74.8 cm³/mol. The summed E-state index contributed by atoms with van der Waals surface area (Å²) in [5.74, 6) is 0.639. The monoisotopic (exact) mass is 296 g/mol. The van der Waals surface area contributed by atoms with Crippen molar-refractivity contribution in [3.8, 4) is 5.75 Å². The summed E-state index contributed by atoms with van der Waals surface area (Å²) in [4.78, 5) is 15.6. The second-order valence-corrected chi connectivity index (χ2v) is 4.52. The van der Waals surface area contributed by atoms with Crippen LogP contribution in [0.3, 0.4) is 0 Å². The SMILES string of the molecule is O=C(COc1ccc(Cl)cc1)Nc1cc(Cl)ccn1. The van der Waals surface area contributed by atoms with E-state index in [0.717, 1.165) is 0 Å². The summed E-state index contributed by atoms with van der Waals surface area (Å²) in [5.41, 5.74) is 0. The van der Waals surface area contributed by atoms with Gasteiger partial charge in [0.25, 0.3) is 5.91 Å². The molecule has 0 radical (unpaired) electrons. The van der Waals surface area contributed by atoms with Crippen molar-refractivity contribution in [1.29, 1.82) is 0 Å². The lowest BCUT2D eigenvalue weighted by molar-refractivity contribution is -0.118. The Kier molecular flexibility index (Phi) is 4.60. The lowest BCUT2D eigenvalue weighted by Gasteiger charge is -2.07. The number of nitrogens with one attached hydrogen (secondary N) is 1. The molecule has 1 aromatic heterocycles. The van der Waals surface area contributed by atoms with E-state index in [1.165, 1.54) is 6.20 Å². The van der Waals surface area contributed by atoms with Crippen molar-refractivity contribution in [3.05, 3.63) is 52.6 Å². The Balaban J connectivity index is 1.86. The van der Waals surface area contributed by atoms with Gasteiger partial charge < -0.3 is 10.1 Å². The number of hydrogen-bond donors (Lipinski definition) is 1. The van der Waals surface area contributed by atoms with Gasteiger partial charge in [-0.2, -0.15) is 0 Å². The molecule has 1 aromatic carbocycles. The Morgan fingerprint density at radius 3 is 2.58 bits per heavy atom. The molecule has 0 aliphatic rings. The van der Waals surface area contributed by atoms with Crippen LogP contribution in [0.4, 0.5) is 5.82 Å². The molecule has 0 aliphatic carbocycles. The summed E-state index contributed by atoms with van der Waals surface area (Å²) in [6, 6.07) is 9.93. The van der Waals surface area contributed by atoms with Crippen LogP contribution in [-0.2, 0) is 4.79 Å². The average Bonchev–Trinajstić information content (AvgIpc) is 2.38. The van der Waals surface area contributed by atoms with Crippen molar-refractivity contribution in [3.63, 3.8) is 0 Å². The van der Waals surface area contributed by atoms with E-state index in [2.05, 4.69) is 10.3 Å². The summed E-state index contributed by atoms with van der Waals surface area (Å²) in [6.07, 6.45) is 1.51. The maximum absolute atomic E-state index is 11.6. The van der Waals surface area contributed by atoms with Crippen LogP contribution < -0.4 is 10.1 Å². The Morgan fingerprint density at radius 2 is 1.89 bits per heavy atom. The van der Waals surface area contributed by atoms with Gasteiger partial charge in [0, 0.05) is 16.2 Å². The van der Waals surface area contributed by atoms with Crippen molar-refractivity contribution in [2.75, 3.05) is 11.9 Å². The Bertz CT molecular complexity index is 573. The average molecular weight is 297 g/mol. The fourth-order valence-corrected chi connectivity index (χ4v) is 1.62. The lowest BCUT2D eigenvalue weighted by atomic mass is 10.3. The molecule has 6 heteroatoms. The molecule has 0 saturated heterocycles. The topological polar surface area (TPSA) is 51.2 Å². The van der Waals surface area contributed by atoms with Crippen LogP contribution in [0.25, 0.3) is 0 Å². The van der Waals surface area contributed by atoms with Crippen LogP contribution >= 0.6 is 23.2 Å². The molecular weight excluding hydrogens is 287 g/mol. The Morgan fingerprint density at radius 1 is 1.16 bits per heavy atom. The van der Waals surface area contributed by atoms with Crippen LogP contribution in [0, 0.1) is 0 Å². The van der Waals surface area contributed by atoms with Gasteiger partial charge in [-0.05, 0) is 36.4 Å². The lowest BCUT2D eigenvalue weighted by Crippen LogP contribution is -2.20. The molecular formula is C13H10Cl2N2O2. The fourth-order valence-electron chi connectivity index (χ4n) is 1.33. The number of pyridine rings is 1. The van der Waals surface area contributed by atoms with Crippen LogP contribution in [-0.4, -0.2) is 17.5 Å². The Labute approximate surface area is 120 Å². The summed E-state index contributed by atoms with van der Waals surface area (Å²) in [6.45, 7) is -0.115. The van der Waals surface area contributed by atoms with Gasteiger partial charge in [-0.1, -0.05) is 23.2 Å². The molecule has 0 bridgehead atoms. The van der Waals surface area contributed by atoms with Crippen LogP contribution in [0.2, 0.25) is 10.0 Å². The number of anilines is 1. The summed E-state index contributed by atoms with van der Waals surface area (Å²) in [7, 11) is 0. The minimum atomic E-state index is -0.315.